The lowest BCUT2D eigenvalue weighted by molar-refractivity contribution is 0.326. The SMILES string of the molecule is CCOc1cc(N2CCCN(c3nc(CC)ns3)CC2)ncn1. The molecule has 0 saturated carbocycles. The zero-order valence-corrected chi connectivity index (χ0v) is 14.4. The van der Waals surface area contributed by atoms with E-state index in [9.17, 15) is 0 Å². The smallest absolute Gasteiger partial charge is 0.218 e. The minimum atomic E-state index is 0.612. The Balaban J connectivity index is 1.67. The van der Waals surface area contributed by atoms with Crippen LogP contribution in [0.3, 0.4) is 0 Å². The molecule has 0 bridgehead atoms. The molecule has 8 heteroatoms. The quantitative estimate of drug-likeness (QED) is 0.828. The van der Waals surface area contributed by atoms with Crippen LogP contribution in [0.2, 0.25) is 0 Å². The van der Waals surface area contributed by atoms with Crippen molar-refractivity contribution in [2.75, 3.05) is 42.6 Å². The van der Waals surface area contributed by atoms with Crippen LogP contribution in [-0.4, -0.2) is 52.1 Å². The van der Waals surface area contributed by atoms with Crippen LogP contribution < -0.4 is 14.5 Å². The van der Waals surface area contributed by atoms with Crippen molar-refractivity contribution >= 4 is 22.5 Å². The molecule has 0 radical (unpaired) electrons. The molecule has 124 valence electrons. The van der Waals surface area contributed by atoms with E-state index in [1.165, 1.54) is 11.5 Å². The van der Waals surface area contributed by atoms with Crippen molar-refractivity contribution < 1.29 is 4.74 Å². The van der Waals surface area contributed by atoms with Crippen molar-refractivity contribution in [2.24, 2.45) is 0 Å². The summed E-state index contributed by atoms with van der Waals surface area (Å²) >= 11 is 1.50. The maximum Gasteiger partial charge on any atom is 0.218 e. The monoisotopic (exact) mass is 334 g/mol. The second-order valence-corrected chi connectivity index (χ2v) is 6.05. The lowest BCUT2D eigenvalue weighted by Gasteiger charge is -2.22. The van der Waals surface area contributed by atoms with Gasteiger partial charge in [-0.15, -0.1) is 0 Å². The standard InChI is InChI=1S/C15H22N6OS/c1-3-12-18-15(23-19-12)21-7-5-6-20(8-9-21)13-10-14(22-4-2)17-11-16-13/h10-11H,3-9H2,1-2H3. The Bertz CT molecular complexity index is 634. The molecule has 1 aliphatic heterocycles. The van der Waals surface area contributed by atoms with Gasteiger partial charge in [-0.2, -0.15) is 4.37 Å². The molecule has 3 rings (SSSR count). The van der Waals surface area contributed by atoms with Gasteiger partial charge in [-0.25, -0.2) is 15.0 Å². The molecule has 2 aromatic rings. The number of rotatable bonds is 5. The van der Waals surface area contributed by atoms with Crippen molar-refractivity contribution in [3.63, 3.8) is 0 Å². The van der Waals surface area contributed by atoms with Gasteiger partial charge < -0.3 is 14.5 Å². The second kappa shape index (κ2) is 7.54. The molecule has 0 N–H and O–H groups in total. The fourth-order valence-electron chi connectivity index (χ4n) is 2.58. The van der Waals surface area contributed by atoms with E-state index in [0.717, 1.165) is 55.8 Å². The van der Waals surface area contributed by atoms with Gasteiger partial charge in [-0.1, -0.05) is 6.92 Å². The van der Waals surface area contributed by atoms with Crippen molar-refractivity contribution in [3.8, 4) is 5.88 Å². The number of aromatic nitrogens is 4. The fraction of sp³-hybridized carbons (Fsp3) is 0.600. The summed E-state index contributed by atoms with van der Waals surface area (Å²) in [5.41, 5.74) is 0. The molecular weight excluding hydrogens is 312 g/mol. The summed E-state index contributed by atoms with van der Waals surface area (Å²) in [6.45, 7) is 8.45. The van der Waals surface area contributed by atoms with Crippen LogP contribution in [0.5, 0.6) is 5.88 Å². The Morgan fingerprint density at radius 1 is 1.13 bits per heavy atom. The van der Waals surface area contributed by atoms with Gasteiger partial charge in [0, 0.05) is 50.2 Å². The summed E-state index contributed by atoms with van der Waals surface area (Å²) in [5, 5.41) is 1.03. The molecular formula is C15H22N6OS. The molecule has 1 saturated heterocycles. The van der Waals surface area contributed by atoms with Crippen molar-refractivity contribution in [1.82, 2.24) is 19.3 Å². The van der Waals surface area contributed by atoms with Gasteiger partial charge in [0.25, 0.3) is 0 Å². The maximum atomic E-state index is 5.47. The molecule has 0 spiro atoms. The molecule has 2 aromatic heterocycles. The molecule has 7 nitrogen and oxygen atoms in total. The predicted molar refractivity (Wildman–Crippen MR) is 91.5 cm³/mol. The van der Waals surface area contributed by atoms with E-state index >= 15 is 0 Å². The maximum absolute atomic E-state index is 5.47. The van der Waals surface area contributed by atoms with E-state index in [-0.39, 0.29) is 0 Å². The molecule has 0 aromatic carbocycles. The molecule has 0 atom stereocenters. The minimum absolute atomic E-state index is 0.612. The van der Waals surface area contributed by atoms with E-state index < -0.39 is 0 Å². The van der Waals surface area contributed by atoms with Crippen LogP contribution in [0.4, 0.5) is 10.9 Å². The largest absolute Gasteiger partial charge is 0.478 e. The Labute approximate surface area is 140 Å². The first-order chi connectivity index (χ1) is 11.3. The molecule has 0 unspecified atom stereocenters. The first-order valence-corrected chi connectivity index (χ1v) is 8.84. The second-order valence-electron chi connectivity index (χ2n) is 5.32. The topological polar surface area (TPSA) is 67.3 Å². The van der Waals surface area contributed by atoms with Gasteiger partial charge in [0.15, 0.2) is 0 Å². The van der Waals surface area contributed by atoms with Gasteiger partial charge in [0.05, 0.1) is 6.61 Å². The first-order valence-electron chi connectivity index (χ1n) is 8.07. The highest BCUT2D eigenvalue weighted by Crippen LogP contribution is 2.22. The number of aryl methyl sites for hydroxylation is 1. The lowest BCUT2D eigenvalue weighted by Crippen LogP contribution is -2.31. The molecule has 1 fully saturated rings. The van der Waals surface area contributed by atoms with Crippen LogP contribution in [0.25, 0.3) is 0 Å². The highest BCUT2D eigenvalue weighted by molar-refractivity contribution is 7.09. The van der Waals surface area contributed by atoms with Crippen molar-refractivity contribution in [1.29, 1.82) is 0 Å². The third kappa shape index (κ3) is 3.87. The Kier molecular flexibility index (Phi) is 5.22. The number of hydrogen-bond acceptors (Lipinski definition) is 8. The highest BCUT2D eigenvalue weighted by atomic mass is 32.1. The van der Waals surface area contributed by atoms with Crippen LogP contribution >= 0.6 is 11.5 Å². The first kappa shape index (κ1) is 15.9. The average Bonchev–Trinajstić information content (AvgIpc) is 2.92. The number of nitrogens with zero attached hydrogens (tertiary/aromatic N) is 6. The molecule has 1 aliphatic rings. The van der Waals surface area contributed by atoms with Gasteiger partial charge >= 0.3 is 0 Å². The third-order valence-electron chi connectivity index (χ3n) is 3.78. The Morgan fingerprint density at radius 2 is 1.96 bits per heavy atom. The van der Waals surface area contributed by atoms with Crippen LogP contribution in [0, 0.1) is 0 Å². The van der Waals surface area contributed by atoms with E-state index in [2.05, 4.69) is 36.0 Å². The Morgan fingerprint density at radius 3 is 2.74 bits per heavy atom. The zero-order chi connectivity index (χ0) is 16.1. The Hall–Kier alpha value is -1.96. The summed E-state index contributed by atoms with van der Waals surface area (Å²) < 4.78 is 9.86. The van der Waals surface area contributed by atoms with Crippen molar-refractivity contribution in [2.45, 2.75) is 26.7 Å². The summed E-state index contributed by atoms with van der Waals surface area (Å²) in [4.78, 5) is 17.7. The highest BCUT2D eigenvalue weighted by Gasteiger charge is 2.19. The summed E-state index contributed by atoms with van der Waals surface area (Å²) in [5.74, 6) is 2.50. The van der Waals surface area contributed by atoms with E-state index in [4.69, 9.17) is 4.74 Å². The van der Waals surface area contributed by atoms with Crippen LogP contribution in [-0.2, 0) is 6.42 Å². The number of hydrogen-bond donors (Lipinski definition) is 0. The molecule has 23 heavy (non-hydrogen) atoms. The van der Waals surface area contributed by atoms with Gasteiger partial charge in [-0.05, 0) is 13.3 Å². The van der Waals surface area contributed by atoms with E-state index in [0.29, 0.717) is 12.5 Å². The lowest BCUT2D eigenvalue weighted by atomic mass is 10.4. The van der Waals surface area contributed by atoms with E-state index in [1.807, 2.05) is 13.0 Å². The molecule has 0 amide bonds. The number of ether oxygens (including phenoxy) is 1. The number of anilines is 2. The van der Waals surface area contributed by atoms with Crippen LogP contribution in [0.1, 0.15) is 26.1 Å². The minimum Gasteiger partial charge on any atom is -0.478 e. The third-order valence-corrected chi connectivity index (χ3v) is 4.60. The van der Waals surface area contributed by atoms with E-state index in [1.54, 1.807) is 6.33 Å². The van der Waals surface area contributed by atoms with Gasteiger partial charge in [-0.3, -0.25) is 0 Å². The van der Waals surface area contributed by atoms with Gasteiger partial charge in [0.1, 0.15) is 18.0 Å². The summed E-state index contributed by atoms with van der Waals surface area (Å²) in [6, 6.07) is 1.92. The van der Waals surface area contributed by atoms with Crippen molar-refractivity contribution in [3.05, 3.63) is 18.2 Å². The normalized spacial score (nSPS) is 15.6. The summed E-state index contributed by atoms with van der Waals surface area (Å²) in [6.07, 6.45) is 3.52. The predicted octanol–water partition coefficient (Wildman–Crippen LogP) is 2.01. The average molecular weight is 334 g/mol. The van der Waals surface area contributed by atoms with Gasteiger partial charge in [0.2, 0.25) is 11.0 Å². The zero-order valence-electron chi connectivity index (χ0n) is 13.6. The molecule has 3 heterocycles. The summed E-state index contributed by atoms with van der Waals surface area (Å²) in [7, 11) is 0. The fourth-order valence-corrected chi connectivity index (χ4v) is 3.39. The molecule has 0 aliphatic carbocycles. The van der Waals surface area contributed by atoms with Crippen LogP contribution in [0.15, 0.2) is 12.4 Å².